The number of nitrogens with zero attached hydrogens (tertiary/aromatic N) is 1. The van der Waals surface area contributed by atoms with E-state index in [1.807, 2.05) is 13.8 Å². The summed E-state index contributed by atoms with van der Waals surface area (Å²) < 4.78 is 1.69. The van der Waals surface area contributed by atoms with Crippen molar-refractivity contribution < 1.29 is 9.59 Å². The number of halogens is 2. The van der Waals surface area contributed by atoms with Gasteiger partial charge in [-0.25, -0.2) is 0 Å². The molecule has 1 rings (SSSR count). The van der Waals surface area contributed by atoms with Crippen molar-refractivity contribution in [2.75, 3.05) is 13.1 Å². The molecule has 0 saturated heterocycles. The number of carbonyl (C=O) groups excluding carboxylic acids is 2. The maximum atomic E-state index is 12.1. The highest BCUT2D eigenvalue weighted by atomic mass is 79.9. The number of amides is 1. The summed E-state index contributed by atoms with van der Waals surface area (Å²) in [6.45, 7) is 4.12. The van der Waals surface area contributed by atoms with E-state index < -0.39 is 5.91 Å². The SMILES string of the molecule is CC(C)N(CC(N)=O)CC(=O)c1cc(Br)sc1Br. The molecule has 0 unspecified atom stereocenters. The normalized spacial score (nSPS) is 11.2. The second-order valence-electron chi connectivity index (χ2n) is 4.13. The van der Waals surface area contributed by atoms with Crippen LogP contribution in [0, 0.1) is 0 Å². The Balaban J connectivity index is 2.78. The van der Waals surface area contributed by atoms with Crippen LogP contribution in [-0.4, -0.2) is 35.7 Å². The minimum absolute atomic E-state index is 0.0289. The van der Waals surface area contributed by atoms with Crippen LogP contribution in [0.15, 0.2) is 13.6 Å². The Morgan fingerprint density at radius 1 is 1.39 bits per heavy atom. The first kappa shape index (κ1) is 15.8. The van der Waals surface area contributed by atoms with Crippen molar-refractivity contribution >= 4 is 54.9 Å². The third-order valence-electron chi connectivity index (χ3n) is 2.39. The molecule has 0 aliphatic carbocycles. The van der Waals surface area contributed by atoms with Crippen LogP contribution in [0.3, 0.4) is 0 Å². The molecule has 0 spiro atoms. The summed E-state index contributed by atoms with van der Waals surface area (Å²) in [6.07, 6.45) is 0. The molecule has 2 N–H and O–H groups in total. The maximum Gasteiger partial charge on any atom is 0.231 e. The molecule has 0 bridgehead atoms. The van der Waals surface area contributed by atoms with E-state index in [1.54, 1.807) is 11.0 Å². The quantitative estimate of drug-likeness (QED) is 0.750. The van der Waals surface area contributed by atoms with E-state index in [-0.39, 0.29) is 24.9 Å². The minimum atomic E-state index is -0.429. The summed E-state index contributed by atoms with van der Waals surface area (Å²) in [7, 11) is 0. The predicted molar refractivity (Wildman–Crippen MR) is 80.0 cm³/mol. The molecule has 1 heterocycles. The third kappa shape index (κ3) is 4.46. The van der Waals surface area contributed by atoms with Gasteiger partial charge in [0.15, 0.2) is 5.78 Å². The molecule has 0 fully saturated rings. The highest BCUT2D eigenvalue weighted by molar-refractivity contribution is 9.12. The van der Waals surface area contributed by atoms with Crippen LogP contribution in [0.5, 0.6) is 0 Å². The van der Waals surface area contributed by atoms with E-state index in [1.165, 1.54) is 11.3 Å². The number of carbonyl (C=O) groups is 2. The molecule has 1 aromatic rings. The smallest absolute Gasteiger partial charge is 0.231 e. The lowest BCUT2D eigenvalue weighted by atomic mass is 10.2. The van der Waals surface area contributed by atoms with E-state index >= 15 is 0 Å². The van der Waals surface area contributed by atoms with Gasteiger partial charge >= 0.3 is 0 Å². The van der Waals surface area contributed by atoms with Gasteiger partial charge < -0.3 is 5.73 Å². The Bertz CT molecular complexity index is 460. The number of rotatable bonds is 6. The van der Waals surface area contributed by atoms with Gasteiger partial charge in [-0.2, -0.15) is 0 Å². The maximum absolute atomic E-state index is 12.1. The second-order valence-corrected chi connectivity index (χ2v) is 7.88. The Morgan fingerprint density at radius 2 is 2.00 bits per heavy atom. The monoisotopic (exact) mass is 396 g/mol. The molecule has 1 aromatic heterocycles. The number of thiophene rings is 1. The van der Waals surface area contributed by atoms with Crippen molar-refractivity contribution in [1.82, 2.24) is 4.90 Å². The minimum Gasteiger partial charge on any atom is -0.369 e. The van der Waals surface area contributed by atoms with E-state index in [9.17, 15) is 9.59 Å². The van der Waals surface area contributed by atoms with Gasteiger partial charge in [0.25, 0.3) is 0 Å². The topological polar surface area (TPSA) is 63.4 Å². The lowest BCUT2D eigenvalue weighted by molar-refractivity contribution is -0.119. The summed E-state index contributed by atoms with van der Waals surface area (Å²) in [4.78, 5) is 24.8. The number of Topliss-reactive ketones (excluding diaryl/α,β-unsaturated/α-hetero) is 1. The zero-order chi connectivity index (χ0) is 13.9. The highest BCUT2D eigenvalue weighted by Crippen LogP contribution is 2.32. The first-order valence-corrected chi connectivity index (χ1v) is 7.72. The van der Waals surface area contributed by atoms with Crippen molar-refractivity contribution in [2.24, 2.45) is 5.73 Å². The molecule has 0 aliphatic rings. The molecular formula is C11H14Br2N2O2S. The summed E-state index contributed by atoms with van der Waals surface area (Å²) in [5, 5.41) is 0. The molecule has 18 heavy (non-hydrogen) atoms. The van der Waals surface area contributed by atoms with Gasteiger partial charge in [0.1, 0.15) is 0 Å². The lowest BCUT2D eigenvalue weighted by Crippen LogP contribution is -2.41. The Labute approximate surface area is 127 Å². The third-order valence-corrected chi connectivity index (χ3v) is 4.73. The van der Waals surface area contributed by atoms with Gasteiger partial charge in [-0.1, -0.05) is 0 Å². The summed E-state index contributed by atoms with van der Waals surface area (Å²) in [6, 6.07) is 1.86. The fraction of sp³-hybridized carbons (Fsp3) is 0.455. The van der Waals surface area contributed by atoms with Crippen LogP contribution in [0.1, 0.15) is 24.2 Å². The number of hydrogen-bond donors (Lipinski definition) is 1. The molecule has 0 aromatic carbocycles. The van der Waals surface area contributed by atoms with Crippen LogP contribution < -0.4 is 5.73 Å². The van der Waals surface area contributed by atoms with Crippen LogP contribution in [-0.2, 0) is 4.79 Å². The molecular weight excluding hydrogens is 384 g/mol. The summed E-state index contributed by atoms with van der Waals surface area (Å²) in [5.41, 5.74) is 5.80. The zero-order valence-electron chi connectivity index (χ0n) is 10.1. The summed E-state index contributed by atoms with van der Waals surface area (Å²) in [5.74, 6) is -0.458. The van der Waals surface area contributed by atoms with Crippen LogP contribution in [0.4, 0.5) is 0 Å². The van der Waals surface area contributed by atoms with Crippen molar-refractivity contribution in [1.29, 1.82) is 0 Å². The van der Waals surface area contributed by atoms with Crippen molar-refractivity contribution in [3.63, 3.8) is 0 Å². The molecule has 0 saturated carbocycles. The highest BCUT2D eigenvalue weighted by Gasteiger charge is 2.20. The molecule has 0 aliphatic heterocycles. The Kier molecular flexibility index (Phi) is 5.97. The molecule has 100 valence electrons. The summed E-state index contributed by atoms with van der Waals surface area (Å²) >= 11 is 8.14. The number of primary amides is 1. The van der Waals surface area contributed by atoms with E-state index in [0.717, 1.165) is 7.57 Å². The standard InChI is InChI=1S/C11H14Br2N2O2S/c1-6(2)15(5-10(14)17)4-8(16)7-3-9(12)18-11(7)13/h3,6H,4-5H2,1-2H3,(H2,14,17). The van der Waals surface area contributed by atoms with E-state index in [4.69, 9.17) is 5.73 Å². The van der Waals surface area contributed by atoms with Gasteiger partial charge in [0.05, 0.1) is 20.7 Å². The fourth-order valence-corrected chi connectivity index (χ4v) is 4.28. The number of hydrogen-bond acceptors (Lipinski definition) is 4. The molecule has 1 amide bonds. The molecule has 7 heteroatoms. The van der Waals surface area contributed by atoms with Crippen molar-refractivity contribution in [3.8, 4) is 0 Å². The number of ketones is 1. The Hall–Kier alpha value is -0.240. The van der Waals surface area contributed by atoms with E-state index in [0.29, 0.717) is 5.56 Å². The van der Waals surface area contributed by atoms with Crippen molar-refractivity contribution in [3.05, 3.63) is 19.2 Å². The van der Waals surface area contributed by atoms with Gasteiger partial charge in [-0.3, -0.25) is 14.5 Å². The van der Waals surface area contributed by atoms with Gasteiger partial charge in [-0.15, -0.1) is 11.3 Å². The largest absolute Gasteiger partial charge is 0.369 e. The van der Waals surface area contributed by atoms with Gasteiger partial charge in [0, 0.05) is 11.6 Å². The van der Waals surface area contributed by atoms with Gasteiger partial charge in [-0.05, 0) is 51.8 Å². The average molecular weight is 398 g/mol. The van der Waals surface area contributed by atoms with Crippen molar-refractivity contribution in [2.45, 2.75) is 19.9 Å². The molecule has 0 radical (unpaired) electrons. The van der Waals surface area contributed by atoms with Gasteiger partial charge in [0.2, 0.25) is 5.91 Å². The molecule has 4 nitrogen and oxygen atoms in total. The lowest BCUT2D eigenvalue weighted by Gasteiger charge is -2.23. The number of nitrogens with two attached hydrogens (primary N) is 1. The predicted octanol–water partition coefficient (Wildman–Crippen LogP) is 2.65. The van der Waals surface area contributed by atoms with Crippen LogP contribution in [0.2, 0.25) is 0 Å². The van der Waals surface area contributed by atoms with Crippen LogP contribution in [0.25, 0.3) is 0 Å². The zero-order valence-corrected chi connectivity index (χ0v) is 14.1. The first-order chi connectivity index (χ1) is 8.31. The Morgan fingerprint density at radius 3 is 2.39 bits per heavy atom. The van der Waals surface area contributed by atoms with Crippen LogP contribution >= 0.6 is 43.2 Å². The fourth-order valence-electron chi connectivity index (χ4n) is 1.42. The van der Waals surface area contributed by atoms with E-state index in [2.05, 4.69) is 31.9 Å². The average Bonchev–Trinajstić information content (AvgIpc) is 2.56. The first-order valence-electron chi connectivity index (χ1n) is 5.31. The molecule has 0 atom stereocenters. The second kappa shape index (κ2) is 6.79.